The van der Waals surface area contributed by atoms with Gasteiger partial charge in [-0.3, -0.25) is 4.79 Å². The molecule has 1 aromatic carbocycles. The highest BCUT2D eigenvalue weighted by atomic mass is 16.5. The maximum atomic E-state index is 12.7. The number of aryl methyl sites for hydroxylation is 3. The van der Waals surface area contributed by atoms with E-state index in [-0.39, 0.29) is 11.8 Å². The van der Waals surface area contributed by atoms with E-state index in [1.165, 1.54) is 5.56 Å². The van der Waals surface area contributed by atoms with Crippen molar-refractivity contribution in [1.82, 2.24) is 10.1 Å². The number of aromatic nitrogens is 2. The van der Waals surface area contributed by atoms with E-state index in [1.807, 2.05) is 4.90 Å². The van der Waals surface area contributed by atoms with Crippen LogP contribution < -0.4 is 10.6 Å². The largest absolute Gasteiger partial charge is 0.339 e. The van der Waals surface area contributed by atoms with Gasteiger partial charge in [0.1, 0.15) is 0 Å². The van der Waals surface area contributed by atoms with E-state index in [4.69, 9.17) is 10.3 Å². The van der Waals surface area contributed by atoms with Gasteiger partial charge in [0.15, 0.2) is 5.82 Å². The first-order chi connectivity index (χ1) is 12.4. The first-order valence-corrected chi connectivity index (χ1v) is 9.38. The van der Waals surface area contributed by atoms with E-state index in [0.29, 0.717) is 24.7 Å². The number of amides is 1. The lowest BCUT2D eigenvalue weighted by Gasteiger charge is -2.22. The molecule has 138 valence electrons. The summed E-state index contributed by atoms with van der Waals surface area (Å²) in [5, 5.41) is 4.14. The normalized spacial score (nSPS) is 22.4. The minimum Gasteiger partial charge on any atom is -0.339 e. The fourth-order valence-electron chi connectivity index (χ4n) is 4.52. The zero-order valence-corrected chi connectivity index (χ0v) is 15.7. The fourth-order valence-corrected chi connectivity index (χ4v) is 4.52. The van der Waals surface area contributed by atoms with Crippen LogP contribution in [0.25, 0.3) is 0 Å². The predicted octanol–water partition coefficient (Wildman–Crippen LogP) is 3.24. The van der Waals surface area contributed by atoms with Gasteiger partial charge in [0.2, 0.25) is 11.8 Å². The van der Waals surface area contributed by atoms with Crippen LogP contribution in [0.1, 0.15) is 66.4 Å². The van der Waals surface area contributed by atoms with Gasteiger partial charge in [-0.05, 0) is 44.7 Å². The third-order valence-corrected chi connectivity index (χ3v) is 5.76. The molecule has 1 saturated heterocycles. The molecular weight excluding hydrogens is 328 g/mol. The Kier molecular flexibility index (Phi) is 4.10. The molecular formula is C20H26N4O2. The Hall–Kier alpha value is -2.21. The van der Waals surface area contributed by atoms with Crippen molar-refractivity contribution in [3.8, 4) is 0 Å². The predicted molar refractivity (Wildman–Crippen MR) is 99.0 cm³/mol. The van der Waals surface area contributed by atoms with Crippen LogP contribution in [-0.4, -0.2) is 22.6 Å². The van der Waals surface area contributed by atoms with Crippen LogP contribution in [0, 0.1) is 20.8 Å². The minimum atomic E-state index is -0.464. The molecule has 2 aliphatic rings. The number of rotatable bonds is 3. The fraction of sp³-hybridized carbons (Fsp3) is 0.550. The van der Waals surface area contributed by atoms with E-state index >= 15 is 0 Å². The molecule has 0 radical (unpaired) electrons. The molecule has 1 amide bonds. The van der Waals surface area contributed by atoms with E-state index in [0.717, 1.165) is 42.5 Å². The zero-order chi connectivity index (χ0) is 18.5. The molecule has 1 atom stereocenters. The number of benzene rings is 1. The van der Waals surface area contributed by atoms with Gasteiger partial charge >= 0.3 is 0 Å². The van der Waals surface area contributed by atoms with Crippen LogP contribution in [0.3, 0.4) is 0 Å². The molecule has 1 aliphatic heterocycles. The van der Waals surface area contributed by atoms with Gasteiger partial charge in [-0.15, -0.1) is 0 Å². The summed E-state index contributed by atoms with van der Waals surface area (Å²) in [6.45, 7) is 6.75. The lowest BCUT2D eigenvalue weighted by Crippen LogP contribution is -2.34. The molecule has 6 heteroatoms. The van der Waals surface area contributed by atoms with Crippen LogP contribution in [0.2, 0.25) is 0 Å². The Balaban J connectivity index is 1.58. The second kappa shape index (κ2) is 6.20. The number of anilines is 1. The second-order valence-corrected chi connectivity index (χ2v) is 7.97. The van der Waals surface area contributed by atoms with Crippen molar-refractivity contribution in [3.63, 3.8) is 0 Å². The summed E-state index contributed by atoms with van der Waals surface area (Å²) >= 11 is 0. The third kappa shape index (κ3) is 2.82. The van der Waals surface area contributed by atoms with Gasteiger partial charge < -0.3 is 15.2 Å². The summed E-state index contributed by atoms with van der Waals surface area (Å²) in [4.78, 5) is 19.1. The van der Waals surface area contributed by atoms with Crippen LogP contribution in [0.4, 0.5) is 5.69 Å². The topological polar surface area (TPSA) is 85.2 Å². The van der Waals surface area contributed by atoms with Crippen LogP contribution in [0.5, 0.6) is 0 Å². The number of carbonyl (C=O) groups excluding carboxylic acids is 1. The van der Waals surface area contributed by atoms with Crippen LogP contribution in [0.15, 0.2) is 16.7 Å². The first kappa shape index (κ1) is 17.2. The van der Waals surface area contributed by atoms with Crippen molar-refractivity contribution >= 4 is 11.6 Å². The van der Waals surface area contributed by atoms with Crippen molar-refractivity contribution in [3.05, 3.63) is 40.5 Å². The lowest BCUT2D eigenvalue weighted by atomic mass is 9.98. The highest BCUT2D eigenvalue weighted by Crippen LogP contribution is 2.38. The van der Waals surface area contributed by atoms with Gasteiger partial charge in [0.25, 0.3) is 0 Å². The standard InChI is InChI=1S/C20H26N4O2/c1-12-8-13(2)17(14(3)9-12)24-11-15(10-16(24)25)18-22-19(23-26-18)20(21)6-4-5-7-20/h8-9,15H,4-7,10-11,21H2,1-3H3. The Bertz CT molecular complexity index is 828. The summed E-state index contributed by atoms with van der Waals surface area (Å²) < 4.78 is 5.52. The van der Waals surface area contributed by atoms with Gasteiger partial charge in [-0.25, -0.2) is 0 Å². The molecule has 2 fully saturated rings. The van der Waals surface area contributed by atoms with Crippen molar-refractivity contribution < 1.29 is 9.32 Å². The van der Waals surface area contributed by atoms with Gasteiger partial charge in [-0.2, -0.15) is 4.98 Å². The highest BCUT2D eigenvalue weighted by molar-refractivity contribution is 5.97. The van der Waals surface area contributed by atoms with Crippen molar-refractivity contribution in [1.29, 1.82) is 0 Å². The summed E-state index contributed by atoms with van der Waals surface area (Å²) in [6.07, 6.45) is 4.38. The summed E-state index contributed by atoms with van der Waals surface area (Å²) in [5.74, 6) is 1.16. The number of nitrogens with two attached hydrogens (primary N) is 1. The average Bonchev–Trinajstić information content (AvgIpc) is 3.27. The molecule has 2 N–H and O–H groups in total. The van der Waals surface area contributed by atoms with E-state index in [2.05, 4.69) is 43.0 Å². The molecule has 4 rings (SSSR count). The van der Waals surface area contributed by atoms with Crippen LogP contribution >= 0.6 is 0 Å². The highest BCUT2D eigenvalue weighted by Gasteiger charge is 2.40. The van der Waals surface area contributed by atoms with Gasteiger partial charge in [-0.1, -0.05) is 35.7 Å². The average molecular weight is 354 g/mol. The summed E-state index contributed by atoms with van der Waals surface area (Å²) in [7, 11) is 0. The lowest BCUT2D eigenvalue weighted by molar-refractivity contribution is -0.117. The molecule has 1 unspecified atom stereocenters. The van der Waals surface area contributed by atoms with Crippen molar-refractivity contribution in [2.45, 2.75) is 64.3 Å². The summed E-state index contributed by atoms with van der Waals surface area (Å²) in [5.41, 5.74) is 10.4. The molecule has 1 saturated carbocycles. The molecule has 1 aliphatic carbocycles. The molecule has 2 aromatic rings. The van der Waals surface area contributed by atoms with Crippen molar-refractivity contribution in [2.24, 2.45) is 5.73 Å². The minimum absolute atomic E-state index is 0.0751. The molecule has 6 nitrogen and oxygen atoms in total. The maximum absolute atomic E-state index is 12.7. The molecule has 26 heavy (non-hydrogen) atoms. The SMILES string of the molecule is Cc1cc(C)c(N2CC(c3nc(C4(N)CCCC4)no3)CC2=O)c(C)c1. The molecule has 0 bridgehead atoms. The monoisotopic (exact) mass is 354 g/mol. The van der Waals surface area contributed by atoms with Gasteiger partial charge in [0.05, 0.1) is 11.5 Å². The smallest absolute Gasteiger partial charge is 0.232 e. The Morgan fingerprint density at radius 2 is 1.85 bits per heavy atom. The van der Waals surface area contributed by atoms with Crippen molar-refractivity contribution in [2.75, 3.05) is 11.4 Å². The molecule has 0 spiro atoms. The molecule has 2 heterocycles. The number of hydrogen-bond acceptors (Lipinski definition) is 5. The van der Waals surface area contributed by atoms with Gasteiger partial charge in [0, 0.05) is 18.7 Å². The number of nitrogens with zero attached hydrogens (tertiary/aromatic N) is 3. The Morgan fingerprint density at radius 1 is 1.19 bits per heavy atom. The number of hydrogen-bond donors (Lipinski definition) is 1. The van der Waals surface area contributed by atoms with E-state index < -0.39 is 5.54 Å². The molecule has 1 aromatic heterocycles. The van der Waals surface area contributed by atoms with E-state index in [9.17, 15) is 4.79 Å². The number of carbonyl (C=O) groups is 1. The first-order valence-electron chi connectivity index (χ1n) is 9.38. The quantitative estimate of drug-likeness (QED) is 0.914. The zero-order valence-electron chi connectivity index (χ0n) is 15.7. The Morgan fingerprint density at radius 3 is 2.50 bits per heavy atom. The maximum Gasteiger partial charge on any atom is 0.232 e. The van der Waals surface area contributed by atoms with E-state index in [1.54, 1.807) is 0 Å². The van der Waals surface area contributed by atoms with Crippen LogP contribution in [-0.2, 0) is 10.3 Å². The third-order valence-electron chi connectivity index (χ3n) is 5.76. The second-order valence-electron chi connectivity index (χ2n) is 7.97. The Labute approximate surface area is 153 Å². The summed E-state index contributed by atoms with van der Waals surface area (Å²) in [6, 6.07) is 4.23.